The maximum absolute atomic E-state index is 11.3. The zero-order valence-electron chi connectivity index (χ0n) is 6.65. The third kappa shape index (κ3) is 1.47. The molecule has 70 valence electrons. The third-order valence-corrected chi connectivity index (χ3v) is 2.04. The Hall–Kier alpha value is -1.21. The van der Waals surface area contributed by atoms with Crippen LogP contribution < -0.4 is 4.90 Å². The number of carbonyl (C=O) groups excluding carboxylic acids is 1. The molecule has 0 aromatic carbocycles. The lowest BCUT2D eigenvalue weighted by Gasteiger charge is -2.09. The number of aliphatic hydroxyl groups is 1. The fraction of sp³-hybridized carbons (Fsp3) is 0.500. The van der Waals surface area contributed by atoms with Crippen LogP contribution in [0.15, 0.2) is 0 Å². The Morgan fingerprint density at radius 1 is 1.62 bits per heavy atom. The molecule has 1 aliphatic rings. The van der Waals surface area contributed by atoms with Gasteiger partial charge in [-0.2, -0.15) is 4.98 Å². The number of nitrogens with zero attached hydrogens (tertiary/aromatic N) is 2. The van der Waals surface area contributed by atoms with E-state index in [0.717, 1.165) is 0 Å². The van der Waals surface area contributed by atoms with Gasteiger partial charge >= 0.3 is 0 Å². The van der Waals surface area contributed by atoms with E-state index in [1.807, 2.05) is 0 Å². The number of amides is 1. The molecule has 1 fully saturated rings. The van der Waals surface area contributed by atoms with Gasteiger partial charge in [0.2, 0.25) is 16.6 Å². The summed E-state index contributed by atoms with van der Waals surface area (Å²) in [6, 6.07) is 0. The molecule has 1 amide bonds. The van der Waals surface area contributed by atoms with Crippen molar-refractivity contribution in [3.8, 4) is 0 Å². The van der Waals surface area contributed by atoms with E-state index in [-0.39, 0.29) is 18.9 Å². The maximum Gasteiger partial charge on any atom is 0.232 e. The van der Waals surface area contributed by atoms with Crippen molar-refractivity contribution in [1.82, 2.24) is 15.2 Å². The number of aromatic nitrogens is 3. The predicted molar refractivity (Wildman–Crippen MR) is 46.7 cm³/mol. The molecular weight excluding hydrogens is 192 g/mol. The van der Waals surface area contributed by atoms with Crippen molar-refractivity contribution in [3.05, 3.63) is 4.77 Å². The summed E-state index contributed by atoms with van der Waals surface area (Å²) in [6.45, 7) is 0.273. The predicted octanol–water partition coefficient (Wildman–Crippen LogP) is -0.435. The second-order valence-electron chi connectivity index (χ2n) is 2.85. The van der Waals surface area contributed by atoms with Gasteiger partial charge in [0, 0.05) is 0 Å². The molecule has 0 aliphatic carbocycles. The fourth-order valence-corrected chi connectivity index (χ4v) is 1.42. The van der Waals surface area contributed by atoms with E-state index >= 15 is 0 Å². The molecule has 0 saturated carbocycles. The van der Waals surface area contributed by atoms with Crippen molar-refractivity contribution in [1.29, 1.82) is 0 Å². The molecule has 0 spiro atoms. The van der Waals surface area contributed by atoms with Gasteiger partial charge in [0.15, 0.2) is 0 Å². The summed E-state index contributed by atoms with van der Waals surface area (Å²) < 4.78 is 0.296. The van der Waals surface area contributed by atoms with E-state index in [4.69, 9.17) is 12.2 Å². The van der Waals surface area contributed by atoms with Crippen molar-refractivity contribution in [3.63, 3.8) is 0 Å². The van der Waals surface area contributed by atoms with Crippen LogP contribution in [0, 0.1) is 4.77 Å². The molecule has 2 heterocycles. The summed E-state index contributed by atoms with van der Waals surface area (Å²) in [5.41, 5.74) is 0. The van der Waals surface area contributed by atoms with Crippen LogP contribution in [0.3, 0.4) is 0 Å². The fourth-order valence-electron chi connectivity index (χ4n) is 1.28. The Balaban J connectivity index is 2.27. The maximum atomic E-state index is 11.3. The van der Waals surface area contributed by atoms with Gasteiger partial charge in [-0.25, -0.2) is 0 Å². The first kappa shape index (κ1) is 8.39. The van der Waals surface area contributed by atoms with E-state index in [9.17, 15) is 9.90 Å². The van der Waals surface area contributed by atoms with Crippen molar-refractivity contribution < 1.29 is 9.90 Å². The smallest absolute Gasteiger partial charge is 0.232 e. The van der Waals surface area contributed by atoms with Gasteiger partial charge in [0.1, 0.15) is 0 Å². The summed E-state index contributed by atoms with van der Waals surface area (Å²) in [4.78, 5) is 16.5. The standard InChI is InChI=1S/C6H8N4O2S/c11-3-1-4(12)10(2-3)5-7-6(13)9-8-5/h3,11H,1-2H2,(H2,7,8,9,13). The Labute approximate surface area is 78.6 Å². The van der Waals surface area contributed by atoms with Crippen LogP contribution in [0.25, 0.3) is 0 Å². The third-order valence-electron chi connectivity index (χ3n) is 1.85. The first-order valence-corrected chi connectivity index (χ1v) is 4.21. The monoisotopic (exact) mass is 200 g/mol. The van der Waals surface area contributed by atoms with Gasteiger partial charge < -0.3 is 5.11 Å². The second kappa shape index (κ2) is 2.93. The van der Waals surface area contributed by atoms with E-state index in [1.54, 1.807) is 0 Å². The van der Waals surface area contributed by atoms with E-state index in [0.29, 0.717) is 10.7 Å². The van der Waals surface area contributed by atoms with Crippen molar-refractivity contribution >= 4 is 24.1 Å². The molecule has 6 nitrogen and oxygen atoms in total. The van der Waals surface area contributed by atoms with Crippen LogP contribution in [0.4, 0.5) is 5.95 Å². The number of aromatic amines is 2. The number of aliphatic hydroxyl groups excluding tert-OH is 1. The van der Waals surface area contributed by atoms with Gasteiger partial charge in [-0.15, -0.1) is 0 Å². The molecule has 1 aromatic rings. The number of carbonyl (C=O) groups is 1. The molecule has 1 unspecified atom stereocenters. The van der Waals surface area contributed by atoms with Crippen LogP contribution in [-0.4, -0.2) is 38.8 Å². The highest BCUT2D eigenvalue weighted by Crippen LogP contribution is 2.16. The van der Waals surface area contributed by atoms with Crippen molar-refractivity contribution in [2.45, 2.75) is 12.5 Å². The van der Waals surface area contributed by atoms with Crippen LogP contribution in [0.2, 0.25) is 0 Å². The lowest BCUT2D eigenvalue weighted by Crippen LogP contribution is -2.26. The summed E-state index contributed by atoms with van der Waals surface area (Å²) >= 11 is 4.74. The largest absolute Gasteiger partial charge is 0.391 e. The molecule has 1 atom stereocenters. The highest BCUT2D eigenvalue weighted by Gasteiger charge is 2.30. The lowest BCUT2D eigenvalue weighted by molar-refractivity contribution is -0.117. The highest BCUT2D eigenvalue weighted by atomic mass is 32.1. The summed E-state index contributed by atoms with van der Waals surface area (Å²) in [5.74, 6) is 0.219. The molecule has 1 aromatic heterocycles. The number of β-amino-alcohol motifs (C(OH)–C–C–N with tert-alkyl or cyclic N) is 1. The zero-order chi connectivity index (χ0) is 9.42. The van der Waals surface area contributed by atoms with Gasteiger partial charge in [-0.05, 0) is 12.2 Å². The average Bonchev–Trinajstić information content (AvgIpc) is 2.58. The Morgan fingerprint density at radius 3 is 2.85 bits per heavy atom. The molecule has 1 saturated heterocycles. The first-order chi connectivity index (χ1) is 6.16. The summed E-state index contributed by atoms with van der Waals surface area (Å²) in [6.07, 6.45) is -0.459. The zero-order valence-corrected chi connectivity index (χ0v) is 7.47. The van der Waals surface area contributed by atoms with E-state index in [1.165, 1.54) is 4.90 Å². The molecule has 7 heteroatoms. The number of anilines is 1. The normalized spacial score (nSPS) is 22.7. The summed E-state index contributed by atoms with van der Waals surface area (Å²) in [7, 11) is 0. The number of hydrogen-bond acceptors (Lipinski definition) is 4. The number of rotatable bonds is 1. The SMILES string of the molecule is O=C1CC(O)CN1c1nc(=S)[nH][nH]1. The first-order valence-electron chi connectivity index (χ1n) is 3.80. The highest BCUT2D eigenvalue weighted by molar-refractivity contribution is 7.71. The van der Waals surface area contributed by atoms with Crippen LogP contribution >= 0.6 is 12.2 Å². The van der Waals surface area contributed by atoms with Crippen LogP contribution in [0.5, 0.6) is 0 Å². The van der Waals surface area contributed by atoms with E-state index < -0.39 is 6.10 Å². The minimum absolute atomic E-state index is 0.146. The Bertz CT molecular complexity index is 384. The Kier molecular flexibility index (Phi) is 1.89. The molecular formula is C6H8N4O2S. The lowest BCUT2D eigenvalue weighted by atomic mass is 10.3. The van der Waals surface area contributed by atoms with Crippen molar-refractivity contribution in [2.75, 3.05) is 11.4 Å². The molecule has 1 aliphatic heterocycles. The van der Waals surface area contributed by atoms with E-state index in [2.05, 4.69) is 15.2 Å². The van der Waals surface area contributed by atoms with Crippen LogP contribution in [-0.2, 0) is 4.79 Å². The topological polar surface area (TPSA) is 85.0 Å². The van der Waals surface area contributed by atoms with Gasteiger partial charge in [-0.3, -0.25) is 19.9 Å². The number of H-pyrrole nitrogens is 2. The number of hydrogen-bond donors (Lipinski definition) is 3. The molecule has 2 rings (SSSR count). The molecule has 0 radical (unpaired) electrons. The minimum Gasteiger partial charge on any atom is -0.391 e. The van der Waals surface area contributed by atoms with Gasteiger partial charge in [-0.1, -0.05) is 0 Å². The average molecular weight is 200 g/mol. The quantitative estimate of drug-likeness (QED) is 0.537. The van der Waals surface area contributed by atoms with Crippen LogP contribution in [0.1, 0.15) is 6.42 Å². The van der Waals surface area contributed by atoms with Gasteiger partial charge in [0.25, 0.3) is 0 Å². The molecule has 3 N–H and O–H groups in total. The molecule has 0 bridgehead atoms. The minimum atomic E-state index is -0.605. The Morgan fingerprint density at radius 2 is 2.38 bits per heavy atom. The van der Waals surface area contributed by atoms with Gasteiger partial charge in [0.05, 0.1) is 19.1 Å². The molecule has 13 heavy (non-hydrogen) atoms. The van der Waals surface area contributed by atoms with Crippen molar-refractivity contribution in [2.24, 2.45) is 0 Å². The number of nitrogens with one attached hydrogen (secondary N) is 2. The second-order valence-corrected chi connectivity index (χ2v) is 3.24. The summed E-state index contributed by atoms with van der Waals surface area (Å²) in [5, 5.41) is 14.4.